The molecule has 0 rings (SSSR count). The zero-order valence-corrected chi connectivity index (χ0v) is 33.8. The minimum atomic E-state index is -2.85. The van der Waals surface area contributed by atoms with Crippen molar-refractivity contribution in [2.45, 2.75) is 251 Å². The van der Waals surface area contributed by atoms with Crippen LogP contribution in [0.1, 0.15) is 245 Å². The molecule has 0 spiro atoms. The van der Waals surface area contributed by atoms with Gasteiger partial charge in [-0.3, -0.25) is 9.59 Å². The Labute approximate surface area is 314 Å². The molecule has 2 atom stereocenters. The van der Waals surface area contributed by atoms with Crippen molar-refractivity contribution in [3.8, 4) is 0 Å². The Kier molecular flexibility index (Phi) is 31.9. The van der Waals surface area contributed by atoms with Crippen molar-refractivity contribution >= 4 is 17.9 Å². The van der Waals surface area contributed by atoms with Crippen molar-refractivity contribution in [2.24, 2.45) is 11.3 Å². The first kappa shape index (κ1) is 49.4. The maximum atomic E-state index is 12.7. The van der Waals surface area contributed by atoms with E-state index in [4.69, 9.17) is 0 Å². The Balaban J connectivity index is 4.40. The molecule has 302 valence electrons. The molecule has 0 saturated carbocycles. The minimum absolute atomic E-state index is 0.0327. The van der Waals surface area contributed by atoms with E-state index in [9.17, 15) is 34.8 Å². The molecule has 0 aromatic rings. The molecule has 0 heterocycles. The van der Waals surface area contributed by atoms with Gasteiger partial charge in [0.15, 0.2) is 5.60 Å². The van der Waals surface area contributed by atoms with Gasteiger partial charge < -0.3 is 20.4 Å². The molecule has 0 aromatic heterocycles. The molecule has 7 nitrogen and oxygen atoms in total. The second kappa shape index (κ2) is 33.0. The zero-order chi connectivity index (χ0) is 38.1. The molecule has 0 aliphatic carbocycles. The molecule has 0 aromatic carbocycles. The summed E-state index contributed by atoms with van der Waals surface area (Å²) < 4.78 is 0. The van der Waals surface area contributed by atoms with Gasteiger partial charge in [-0.2, -0.15) is 0 Å². The van der Waals surface area contributed by atoms with E-state index < -0.39 is 35.3 Å². The van der Waals surface area contributed by atoms with Gasteiger partial charge >= 0.3 is 17.9 Å². The van der Waals surface area contributed by atoms with Crippen molar-refractivity contribution < 1.29 is 34.8 Å². The van der Waals surface area contributed by atoms with Crippen molar-refractivity contribution in [3.63, 3.8) is 0 Å². The van der Waals surface area contributed by atoms with Crippen LogP contribution in [0.4, 0.5) is 0 Å². The first-order valence-corrected chi connectivity index (χ1v) is 21.9. The number of hydrogen-bond donors (Lipinski definition) is 4. The second-order valence-electron chi connectivity index (χ2n) is 16.4. The minimum Gasteiger partial charge on any atom is -0.481 e. The number of carboxylic acids is 3. The van der Waals surface area contributed by atoms with Crippen molar-refractivity contribution in [1.82, 2.24) is 0 Å². The summed E-state index contributed by atoms with van der Waals surface area (Å²) in [4.78, 5) is 36.7. The van der Waals surface area contributed by atoms with Gasteiger partial charge in [0, 0.05) is 0 Å². The van der Waals surface area contributed by atoms with Gasteiger partial charge in [0.05, 0.1) is 6.42 Å². The number of aliphatic hydroxyl groups is 1. The highest BCUT2D eigenvalue weighted by atomic mass is 16.4. The first-order valence-electron chi connectivity index (χ1n) is 21.9. The highest BCUT2D eigenvalue weighted by molar-refractivity contribution is 5.92. The maximum Gasteiger partial charge on any atom is 0.337 e. The standard InChI is InChI=1S/C44H84O7/c1-4-5-6-7-8-9-10-11-18-21-24-27-30-33-36-43(41(47)48,44(51,42(49)50)38-40(45)46)37-34-31-28-25-22-19-16-14-12-13-15-17-20-23-26-29-32-35-39(2)3/h39,51H,4-38H2,1-3H3,(H,45,46)(H,47,48)(H,49,50). The van der Waals surface area contributed by atoms with Crippen LogP contribution in [0, 0.1) is 11.3 Å². The highest BCUT2D eigenvalue weighted by Gasteiger charge is 2.61. The van der Waals surface area contributed by atoms with E-state index >= 15 is 0 Å². The van der Waals surface area contributed by atoms with Crippen LogP contribution in [0.3, 0.4) is 0 Å². The third kappa shape index (κ3) is 25.1. The van der Waals surface area contributed by atoms with E-state index in [1.807, 2.05) is 0 Å². The molecule has 0 aliphatic heterocycles. The lowest BCUT2D eigenvalue weighted by atomic mass is 9.64. The number of hydrogen-bond acceptors (Lipinski definition) is 4. The van der Waals surface area contributed by atoms with Crippen LogP contribution >= 0.6 is 0 Å². The number of unbranched alkanes of at least 4 members (excludes halogenated alkanes) is 29. The van der Waals surface area contributed by atoms with Gasteiger partial charge in [0.25, 0.3) is 0 Å². The molecule has 0 aliphatic rings. The number of aliphatic carboxylic acids is 3. The predicted molar refractivity (Wildman–Crippen MR) is 212 cm³/mol. The number of carboxylic acid groups (broad SMARTS) is 3. The summed E-state index contributed by atoms with van der Waals surface area (Å²) in [6, 6.07) is 0. The molecule has 7 heteroatoms. The van der Waals surface area contributed by atoms with E-state index in [0.717, 1.165) is 57.3 Å². The van der Waals surface area contributed by atoms with Crippen LogP contribution in [0.15, 0.2) is 0 Å². The highest BCUT2D eigenvalue weighted by Crippen LogP contribution is 2.45. The SMILES string of the molecule is CCCCCCCCCCCCCCCCC(CCCCCCCCCCCCCCCCCCCC(C)C)(C(=O)O)C(O)(CC(=O)O)C(=O)O. The molecule has 2 unspecified atom stereocenters. The summed E-state index contributed by atoms with van der Waals surface area (Å²) in [6.45, 7) is 6.85. The van der Waals surface area contributed by atoms with Crippen LogP contribution < -0.4 is 0 Å². The molecular formula is C44H84O7. The molecule has 4 N–H and O–H groups in total. The summed E-state index contributed by atoms with van der Waals surface area (Å²) in [6.07, 6.45) is 36.5. The topological polar surface area (TPSA) is 132 Å². The smallest absolute Gasteiger partial charge is 0.337 e. The first-order chi connectivity index (χ1) is 24.5. The van der Waals surface area contributed by atoms with Gasteiger partial charge in [-0.05, 0) is 18.8 Å². The van der Waals surface area contributed by atoms with E-state index in [-0.39, 0.29) is 12.8 Å². The summed E-state index contributed by atoms with van der Waals surface area (Å²) in [5.74, 6) is -3.83. The summed E-state index contributed by atoms with van der Waals surface area (Å²) >= 11 is 0. The van der Waals surface area contributed by atoms with Crippen LogP contribution in [-0.2, 0) is 14.4 Å². The predicted octanol–water partition coefficient (Wildman–Crippen LogP) is 13.3. The second-order valence-corrected chi connectivity index (χ2v) is 16.4. The fraction of sp³-hybridized carbons (Fsp3) is 0.932. The van der Waals surface area contributed by atoms with E-state index in [0.29, 0.717) is 12.8 Å². The van der Waals surface area contributed by atoms with E-state index in [1.165, 1.54) is 141 Å². The van der Waals surface area contributed by atoms with Gasteiger partial charge in [-0.1, -0.05) is 226 Å². The van der Waals surface area contributed by atoms with Crippen molar-refractivity contribution in [1.29, 1.82) is 0 Å². The molecule has 0 fully saturated rings. The van der Waals surface area contributed by atoms with Crippen LogP contribution in [0.25, 0.3) is 0 Å². The quantitative estimate of drug-likeness (QED) is 0.0462. The third-order valence-electron chi connectivity index (χ3n) is 11.3. The zero-order valence-electron chi connectivity index (χ0n) is 33.8. The monoisotopic (exact) mass is 725 g/mol. The lowest BCUT2D eigenvalue weighted by Crippen LogP contribution is -2.59. The fourth-order valence-electron chi connectivity index (χ4n) is 7.85. The van der Waals surface area contributed by atoms with E-state index in [1.54, 1.807) is 0 Å². The third-order valence-corrected chi connectivity index (χ3v) is 11.3. The van der Waals surface area contributed by atoms with Crippen molar-refractivity contribution in [2.75, 3.05) is 0 Å². The lowest BCUT2D eigenvalue weighted by Gasteiger charge is -2.41. The van der Waals surface area contributed by atoms with Gasteiger partial charge in [0.2, 0.25) is 0 Å². The normalized spacial score (nSPS) is 14.1. The van der Waals surface area contributed by atoms with E-state index in [2.05, 4.69) is 20.8 Å². The van der Waals surface area contributed by atoms with Crippen LogP contribution in [0.5, 0.6) is 0 Å². The Hall–Kier alpha value is -1.63. The average Bonchev–Trinajstić information content (AvgIpc) is 3.07. The largest absolute Gasteiger partial charge is 0.481 e. The molecular weight excluding hydrogens is 640 g/mol. The Morgan fingerprint density at radius 3 is 0.941 bits per heavy atom. The molecule has 0 radical (unpaired) electrons. The van der Waals surface area contributed by atoms with Gasteiger partial charge in [-0.15, -0.1) is 0 Å². The van der Waals surface area contributed by atoms with Crippen molar-refractivity contribution in [3.05, 3.63) is 0 Å². The number of carbonyl (C=O) groups is 3. The van der Waals surface area contributed by atoms with Crippen LogP contribution in [0.2, 0.25) is 0 Å². The average molecular weight is 725 g/mol. The summed E-state index contributed by atoms with van der Waals surface area (Å²) in [5.41, 5.74) is -4.88. The molecule has 51 heavy (non-hydrogen) atoms. The Bertz CT molecular complexity index is 843. The fourth-order valence-corrected chi connectivity index (χ4v) is 7.85. The van der Waals surface area contributed by atoms with Gasteiger partial charge in [0.1, 0.15) is 5.41 Å². The Morgan fingerprint density at radius 2 is 0.706 bits per heavy atom. The number of rotatable bonds is 40. The Morgan fingerprint density at radius 1 is 0.431 bits per heavy atom. The molecule has 0 amide bonds. The molecule has 0 saturated heterocycles. The van der Waals surface area contributed by atoms with Gasteiger partial charge in [-0.25, -0.2) is 4.79 Å². The molecule has 0 bridgehead atoms. The summed E-state index contributed by atoms with van der Waals surface area (Å²) in [7, 11) is 0. The van der Waals surface area contributed by atoms with Crippen LogP contribution in [-0.4, -0.2) is 43.9 Å². The maximum absolute atomic E-state index is 12.7. The summed E-state index contributed by atoms with van der Waals surface area (Å²) in [5, 5.41) is 41.0. The lowest BCUT2D eigenvalue weighted by molar-refractivity contribution is -0.196.